The monoisotopic (exact) mass is 208 g/mol. The number of halogens is 1. The van der Waals surface area contributed by atoms with Crippen LogP contribution in [0.2, 0.25) is 0 Å². The number of imidazole rings is 1. The smallest absolute Gasteiger partial charge is 0.265 e. The fourth-order valence-electron chi connectivity index (χ4n) is 0.830. The maximum atomic E-state index is 13.0. The normalized spacial score (nSPS) is 14.3. The summed E-state index contributed by atoms with van der Waals surface area (Å²) in [5.74, 6) is -0.591. The van der Waals surface area contributed by atoms with Gasteiger partial charge < -0.3 is 4.57 Å². The minimum Gasteiger partial charge on any atom is -0.307 e. The molecule has 0 bridgehead atoms. The standard InChI is InChI=1S/C6H9FN2O3S/c7-6(1-4-13(10,11)12)9-3-2-8-5-9/h2-3,5-6H,1,4H2,(H,10,11,12). The molecule has 0 aromatic carbocycles. The van der Waals surface area contributed by atoms with Crippen LogP contribution in [0.3, 0.4) is 0 Å². The van der Waals surface area contributed by atoms with Gasteiger partial charge in [-0.25, -0.2) is 9.37 Å². The van der Waals surface area contributed by atoms with E-state index in [4.69, 9.17) is 4.55 Å². The van der Waals surface area contributed by atoms with E-state index < -0.39 is 22.2 Å². The molecule has 1 atom stereocenters. The molecule has 0 radical (unpaired) electrons. The third-order valence-corrected chi connectivity index (χ3v) is 2.21. The van der Waals surface area contributed by atoms with E-state index in [1.165, 1.54) is 18.7 Å². The van der Waals surface area contributed by atoms with Gasteiger partial charge in [0.15, 0.2) is 6.30 Å². The molecule has 0 aliphatic carbocycles. The van der Waals surface area contributed by atoms with Gasteiger partial charge in [0, 0.05) is 18.8 Å². The largest absolute Gasteiger partial charge is 0.307 e. The van der Waals surface area contributed by atoms with Crippen molar-refractivity contribution in [1.82, 2.24) is 9.55 Å². The Morgan fingerprint density at radius 3 is 2.77 bits per heavy atom. The van der Waals surface area contributed by atoms with E-state index in [1.807, 2.05) is 0 Å². The minimum absolute atomic E-state index is 0.283. The van der Waals surface area contributed by atoms with Gasteiger partial charge >= 0.3 is 0 Å². The topological polar surface area (TPSA) is 72.2 Å². The molecule has 13 heavy (non-hydrogen) atoms. The molecule has 1 aromatic rings. The van der Waals surface area contributed by atoms with Gasteiger partial charge in [-0.1, -0.05) is 0 Å². The van der Waals surface area contributed by atoms with Crippen LogP contribution in [-0.2, 0) is 10.1 Å². The predicted octanol–water partition coefficient (Wildman–Crippen LogP) is 0.629. The Morgan fingerprint density at radius 2 is 2.31 bits per heavy atom. The summed E-state index contributed by atoms with van der Waals surface area (Å²) in [6.07, 6.45) is 2.27. The highest BCUT2D eigenvalue weighted by Crippen LogP contribution is 2.12. The van der Waals surface area contributed by atoms with Gasteiger partial charge in [-0.2, -0.15) is 8.42 Å². The number of hydrogen-bond acceptors (Lipinski definition) is 3. The highest BCUT2D eigenvalue weighted by molar-refractivity contribution is 7.85. The van der Waals surface area contributed by atoms with Crippen molar-refractivity contribution in [3.63, 3.8) is 0 Å². The molecule has 0 fully saturated rings. The Hall–Kier alpha value is -0.950. The molecular weight excluding hydrogens is 199 g/mol. The van der Waals surface area contributed by atoms with Crippen molar-refractivity contribution >= 4 is 10.1 Å². The molecule has 5 nitrogen and oxygen atoms in total. The van der Waals surface area contributed by atoms with Gasteiger partial charge in [0.05, 0.1) is 12.1 Å². The Kier molecular flexibility index (Phi) is 2.99. The molecule has 0 saturated carbocycles. The van der Waals surface area contributed by atoms with Crippen molar-refractivity contribution in [2.75, 3.05) is 5.75 Å². The summed E-state index contributed by atoms with van der Waals surface area (Å²) < 4.78 is 43.1. The maximum absolute atomic E-state index is 13.0. The van der Waals surface area contributed by atoms with E-state index in [0.29, 0.717) is 0 Å². The molecule has 1 rings (SSSR count). The van der Waals surface area contributed by atoms with Gasteiger partial charge in [0.1, 0.15) is 0 Å². The molecule has 7 heteroatoms. The average molecular weight is 208 g/mol. The molecule has 0 aliphatic rings. The molecular formula is C6H9FN2O3S. The first-order chi connectivity index (χ1) is 5.99. The Labute approximate surface area is 75.0 Å². The molecule has 0 spiro atoms. The minimum atomic E-state index is -4.08. The zero-order valence-corrected chi connectivity index (χ0v) is 7.48. The number of alkyl halides is 1. The summed E-state index contributed by atoms with van der Waals surface area (Å²) in [5, 5.41) is 0. The summed E-state index contributed by atoms with van der Waals surface area (Å²) in [7, 11) is -4.08. The van der Waals surface area contributed by atoms with E-state index in [9.17, 15) is 12.8 Å². The van der Waals surface area contributed by atoms with E-state index in [1.54, 1.807) is 0 Å². The van der Waals surface area contributed by atoms with Crippen molar-refractivity contribution in [2.24, 2.45) is 0 Å². The Morgan fingerprint density at radius 1 is 1.62 bits per heavy atom. The van der Waals surface area contributed by atoms with Gasteiger partial charge in [-0.3, -0.25) is 4.55 Å². The molecule has 0 amide bonds. The fraction of sp³-hybridized carbons (Fsp3) is 0.500. The van der Waals surface area contributed by atoms with Crippen LogP contribution in [0, 0.1) is 0 Å². The molecule has 0 aliphatic heterocycles. The molecule has 1 heterocycles. The van der Waals surface area contributed by atoms with Crippen molar-refractivity contribution in [1.29, 1.82) is 0 Å². The lowest BCUT2D eigenvalue weighted by Crippen LogP contribution is -2.10. The Bertz CT molecular complexity index is 348. The van der Waals surface area contributed by atoms with Gasteiger partial charge in [-0.15, -0.1) is 0 Å². The van der Waals surface area contributed by atoms with E-state index in [2.05, 4.69) is 4.98 Å². The molecule has 0 saturated heterocycles. The average Bonchev–Trinajstić information content (AvgIpc) is 2.50. The van der Waals surface area contributed by atoms with Crippen LogP contribution >= 0.6 is 0 Å². The zero-order valence-electron chi connectivity index (χ0n) is 6.67. The quantitative estimate of drug-likeness (QED) is 0.736. The highest BCUT2D eigenvalue weighted by atomic mass is 32.2. The maximum Gasteiger partial charge on any atom is 0.265 e. The summed E-state index contributed by atoms with van der Waals surface area (Å²) in [6.45, 7) is 0. The van der Waals surface area contributed by atoms with Crippen LogP contribution in [-0.4, -0.2) is 28.3 Å². The molecule has 1 N–H and O–H groups in total. The lowest BCUT2D eigenvalue weighted by Gasteiger charge is -2.06. The molecule has 1 unspecified atom stereocenters. The van der Waals surface area contributed by atoms with E-state index in [0.717, 1.165) is 4.57 Å². The van der Waals surface area contributed by atoms with E-state index in [-0.39, 0.29) is 6.42 Å². The first-order valence-electron chi connectivity index (χ1n) is 3.56. The van der Waals surface area contributed by atoms with Crippen molar-refractivity contribution < 1.29 is 17.4 Å². The zero-order chi connectivity index (χ0) is 9.90. The summed E-state index contributed by atoms with van der Waals surface area (Å²) >= 11 is 0. The number of aromatic nitrogens is 2. The lowest BCUT2D eigenvalue weighted by molar-refractivity contribution is 0.232. The van der Waals surface area contributed by atoms with Crippen molar-refractivity contribution in [2.45, 2.75) is 12.7 Å². The number of hydrogen-bond donors (Lipinski definition) is 1. The van der Waals surface area contributed by atoms with Crippen molar-refractivity contribution in [3.05, 3.63) is 18.7 Å². The van der Waals surface area contributed by atoms with Crippen LogP contribution in [0.5, 0.6) is 0 Å². The SMILES string of the molecule is O=S(=O)(O)CCC(F)n1ccnc1. The summed E-state index contributed by atoms with van der Waals surface area (Å²) in [4.78, 5) is 3.60. The van der Waals surface area contributed by atoms with Gasteiger partial charge in [0.25, 0.3) is 10.1 Å². The Balaban J connectivity index is 2.48. The molecule has 74 valence electrons. The fourth-order valence-corrected chi connectivity index (χ4v) is 1.32. The first kappa shape index (κ1) is 10.1. The summed E-state index contributed by atoms with van der Waals surface area (Å²) in [5.41, 5.74) is 0. The molecule has 1 aromatic heterocycles. The second kappa shape index (κ2) is 3.84. The van der Waals surface area contributed by atoms with Crippen LogP contribution in [0.15, 0.2) is 18.7 Å². The lowest BCUT2D eigenvalue weighted by atomic mass is 10.4. The predicted molar refractivity (Wildman–Crippen MR) is 43.4 cm³/mol. The van der Waals surface area contributed by atoms with Gasteiger partial charge in [0.2, 0.25) is 0 Å². The van der Waals surface area contributed by atoms with Gasteiger partial charge in [-0.05, 0) is 0 Å². The van der Waals surface area contributed by atoms with Crippen LogP contribution in [0.4, 0.5) is 4.39 Å². The van der Waals surface area contributed by atoms with E-state index >= 15 is 0 Å². The first-order valence-corrected chi connectivity index (χ1v) is 5.16. The highest BCUT2D eigenvalue weighted by Gasteiger charge is 2.12. The summed E-state index contributed by atoms with van der Waals surface area (Å²) in [6, 6.07) is 0. The van der Waals surface area contributed by atoms with Crippen molar-refractivity contribution in [3.8, 4) is 0 Å². The van der Waals surface area contributed by atoms with Crippen LogP contribution in [0.1, 0.15) is 12.7 Å². The van der Waals surface area contributed by atoms with Crippen LogP contribution in [0.25, 0.3) is 0 Å². The third kappa shape index (κ3) is 3.51. The van der Waals surface area contributed by atoms with Crippen LogP contribution < -0.4 is 0 Å². The second-order valence-electron chi connectivity index (χ2n) is 2.52. The second-order valence-corrected chi connectivity index (χ2v) is 4.09. The number of nitrogens with zero attached hydrogens (tertiary/aromatic N) is 2. The number of rotatable bonds is 4. The third-order valence-electron chi connectivity index (χ3n) is 1.46.